The molecular formula is C27H27N5O2. The lowest BCUT2D eigenvalue weighted by Gasteiger charge is -2.41. The first-order valence-corrected chi connectivity index (χ1v) is 12.0. The number of rotatable bonds is 3. The number of para-hydroxylation sites is 1. The number of aromatic nitrogens is 2. The predicted molar refractivity (Wildman–Crippen MR) is 130 cm³/mol. The summed E-state index contributed by atoms with van der Waals surface area (Å²) in [4.78, 5) is 40.8. The van der Waals surface area contributed by atoms with Crippen LogP contribution in [0.3, 0.4) is 0 Å². The van der Waals surface area contributed by atoms with Crippen molar-refractivity contribution in [1.82, 2.24) is 14.9 Å². The van der Waals surface area contributed by atoms with Gasteiger partial charge < -0.3 is 14.7 Å². The highest BCUT2D eigenvalue weighted by Crippen LogP contribution is 2.30. The fraction of sp³-hybridized carbons (Fsp3) is 0.333. The molecule has 3 aliphatic rings. The van der Waals surface area contributed by atoms with E-state index in [4.69, 9.17) is 0 Å². The molecule has 0 atom stereocenters. The van der Waals surface area contributed by atoms with Gasteiger partial charge in [-0.15, -0.1) is 0 Å². The van der Waals surface area contributed by atoms with Crippen molar-refractivity contribution >= 4 is 23.3 Å². The van der Waals surface area contributed by atoms with Crippen molar-refractivity contribution in [2.45, 2.75) is 38.3 Å². The van der Waals surface area contributed by atoms with Gasteiger partial charge in [-0.25, -0.2) is 9.97 Å². The summed E-state index contributed by atoms with van der Waals surface area (Å²) in [6.45, 7) is 2.97. The number of benzene rings is 2. The fourth-order valence-corrected chi connectivity index (χ4v) is 5.48. The van der Waals surface area contributed by atoms with Gasteiger partial charge in [0.25, 0.3) is 5.91 Å². The topological polar surface area (TPSA) is 69.6 Å². The number of hydrogen-bond donors (Lipinski definition) is 0. The number of amides is 2. The Hall–Kier alpha value is -3.74. The van der Waals surface area contributed by atoms with Crippen LogP contribution < -0.4 is 9.80 Å². The number of carbonyl (C=O) groups is 2. The van der Waals surface area contributed by atoms with Crippen molar-refractivity contribution in [2.24, 2.45) is 0 Å². The molecule has 0 unspecified atom stereocenters. The number of carbonyl (C=O) groups excluding carboxylic acids is 2. The molecule has 6 rings (SSSR count). The normalized spacial score (nSPS) is 18.1. The molecule has 7 nitrogen and oxygen atoms in total. The Balaban J connectivity index is 1.13. The average Bonchev–Trinajstić information content (AvgIpc) is 3.32. The van der Waals surface area contributed by atoms with E-state index in [0.29, 0.717) is 25.2 Å². The number of fused-ring (bicyclic) bond motifs is 2. The third-order valence-corrected chi connectivity index (χ3v) is 7.35. The molecule has 0 radical (unpaired) electrons. The molecule has 4 heterocycles. The van der Waals surface area contributed by atoms with Gasteiger partial charge in [0.15, 0.2) is 0 Å². The van der Waals surface area contributed by atoms with Crippen LogP contribution in [-0.2, 0) is 24.2 Å². The Kier molecular flexibility index (Phi) is 5.24. The smallest absolute Gasteiger partial charge is 0.277 e. The van der Waals surface area contributed by atoms with Gasteiger partial charge in [-0.1, -0.05) is 42.5 Å². The Morgan fingerprint density at radius 2 is 1.62 bits per heavy atom. The van der Waals surface area contributed by atoms with Crippen molar-refractivity contribution in [3.63, 3.8) is 0 Å². The van der Waals surface area contributed by atoms with Gasteiger partial charge in [-0.2, -0.15) is 0 Å². The standard InChI is InChI=1S/C27H27N5O2/c33-26-15-20-6-1-2-7-21(20)17-32(26)22-10-12-30(13-11-22)25-16-23(28-18-29-25)27(34)31-14-9-19-5-3-4-8-24(19)31/h1-8,16,18,22H,9-15,17H2. The van der Waals surface area contributed by atoms with Crippen LogP contribution in [0.2, 0.25) is 0 Å². The van der Waals surface area contributed by atoms with Crippen LogP contribution in [0.15, 0.2) is 60.9 Å². The lowest BCUT2D eigenvalue weighted by molar-refractivity contribution is -0.134. The van der Waals surface area contributed by atoms with E-state index >= 15 is 0 Å². The summed E-state index contributed by atoms with van der Waals surface area (Å²) in [6.07, 6.45) is 4.63. The summed E-state index contributed by atoms with van der Waals surface area (Å²) >= 11 is 0. The summed E-state index contributed by atoms with van der Waals surface area (Å²) < 4.78 is 0. The van der Waals surface area contributed by atoms with Crippen LogP contribution in [0.4, 0.5) is 11.5 Å². The van der Waals surface area contributed by atoms with Gasteiger partial charge >= 0.3 is 0 Å². The molecule has 0 bridgehead atoms. The molecule has 0 spiro atoms. The maximum atomic E-state index is 13.2. The van der Waals surface area contributed by atoms with E-state index in [9.17, 15) is 9.59 Å². The summed E-state index contributed by atoms with van der Waals surface area (Å²) in [5.74, 6) is 0.915. The van der Waals surface area contributed by atoms with Crippen LogP contribution in [0.1, 0.15) is 40.0 Å². The Bertz CT molecular complexity index is 1250. The number of piperidine rings is 1. The van der Waals surface area contributed by atoms with Crippen molar-refractivity contribution in [3.05, 3.63) is 83.3 Å². The van der Waals surface area contributed by atoms with Crippen LogP contribution in [0.5, 0.6) is 0 Å². The second kappa shape index (κ2) is 8.56. The summed E-state index contributed by atoms with van der Waals surface area (Å²) in [5, 5.41) is 0. The van der Waals surface area contributed by atoms with Gasteiger partial charge in [-0.3, -0.25) is 9.59 Å². The van der Waals surface area contributed by atoms with Gasteiger partial charge in [0.2, 0.25) is 5.91 Å². The van der Waals surface area contributed by atoms with Crippen molar-refractivity contribution in [2.75, 3.05) is 29.4 Å². The summed E-state index contributed by atoms with van der Waals surface area (Å²) in [7, 11) is 0. The number of nitrogens with zero attached hydrogens (tertiary/aromatic N) is 5. The Morgan fingerprint density at radius 3 is 2.44 bits per heavy atom. The molecule has 2 aromatic carbocycles. The van der Waals surface area contributed by atoms with E-state index in [1.165, 1.54) is 17.5 Å². The first-order chi connectivity index (χ1) is 16.7. The van der Waals surface area contributed by atoms with Crippen molar-refractivity contribution in [3.8, 4) is 0 Å². The van der Waals surface area contributed by atoms with Crippen LogP contribution in [0.25, 0.3) is 0 Å². The van der Waals surface area contributed by atoms with E-state index in [1.807, 2.05) is 41.3 Å². The minimum Gasteiger partial charge on any atom is -0.356 e. The van der Waals surface area contributed by atoms with Gasteiger partial charge in [0, 0.05) is 44.0 Å². The van der Waals surface area contributed by atoms with Gasteiger partial charge in [-0.05, 0) is 42.0 Å². The summed E-state index contributed by atoms with van der Waals surface area (Å²) in [5.41, 5.74) is 5.00. The monoisotopic (exact) mass is 453 g/mol. The molecule has 3 aromatic rings. The molecule has 0 aliphatic carbocycles. The Morgan fingerprint density at radius 1 is 0.882 bits per heavy atom. The molecule has 1 aromatic heterocycles. The number of anilines is 2. The second-order valence-electron chi connectivity index (χ2n) is 9.28. The van der Waals surface area contributed by atoms with E-state index < -0.39 is 0 Å². The van der Waals surface area contributed by atoms with E-state index in [2.05, 4.69) is 38.0 Å². The first kappa shape index (κ1) is 20.8. The van der Waals surface area contributed by atoms with E-state index in [0.717, 1.165) is 49.4 Å². The Labute approximate surface area is 199 Å². The van der Waals surface area contributed by atoms with Gasteiger partial charge in [0.05, 0.1) is 6.42 Å². The third kappa shape index (κ3) is 3.71. The van der Waals surface area contributed by atoms with E-state index in [1.54, 1.807) is 0 Å². The van der Waals surface area contributed by atoms with Crippen LogP contribution in [-0.4, -0.2) is 52.4 Å². The molecule has 1 saturated heterocycles. The SMILES string of the molecule is O=C(c1cc(N2CCC(N3Cc4ccccc4CC3=O)CC2)ncn1)N1CCc2ccccc21. The van der Waals surface area contributed by atoms with E-state index in [-0.39, 0.29) is 17.9 Å². The third-order valence-electron chi connectivity index (χ3n) is 7.35. The first-order valence-electron chi connectivity index (χ1n) is 12.0. The molecule has 0 saturated carbocycles. The molecule has 0 N–H and O–H groups in total. The predicted octanol–water partition coefficient (Wildman–Crippen LogP) is 3.23. The van der Waals surface area contributed by atoms with Crippen LogP contribution >= 0.6 is 0 Å². The fourth-order valence-electron chi connectivity index (χ4n) is 5.48. The maximum absolute atomic E-state index is 13.2. The number of hydrogen-bond acceptors (Lipinski definition) is 5. The minimum atomic E-state index is -0.0823. The highest BCUT2D eigenvalue weighted by atomic mass is 16.2. The molecule has 172 valence electrons. The average molecular weight is 454 g/mol. The lowest BCUT2D eigenvalue weighted by Crippen LogP contribution is -2.49. The van der Waals surface area contributed by atoms with Crippen molar-refractivity contribution < 1.29 is 9.59 Å². The zero-order valence-electron chi connectivity index (χ0n) is 19.1. The minimum absolute atomic E-state index is 0.0823. The zero-order chi connectivity index (χ0) is 23.1. The molecule has 1 fully saturated rings. The van der Waals surface area contributed by atoms with Gasteiger partial charge in [0.1, 0.15) is 17.8 Å². The maximum Gasteiger partial charge on any atom is 0.277 e. The molecule has 2 amide bonds. The summed E-state index contributed by atoms with van der Waals surface area (Å²) in [6, 6.07) is 18.3. The van der Waals surface area contributed by atoms with Crippen LogP contribution in [0, 0.1) is 0 Å². The van der Waals surface area contributed by atoms with Crippen molar-refractivity contribution in [1.29, 1.82) is 0 Å². The highest BCUT2D eigenvalue weighted by Gasteiger charge is 2.32. The zero-order valence-corrected chi connectivity index (χ0v) is 19.1. The highest BCUT2D eigenvalue weighted by molar-refractivity contribution is 6.06. The lowest BCUT2D eigenvalue weighted by atomic mass is 9.95. The second-order valence-corrected chi connectivity index (χ2v) is 9.28. The largest absolute Gasteiger partial charge is 0.356 e. The molecular weight excluding hydrogens is 426 g/mol. The quantitative estimate of drug-likeness (QED) is 0.609. The molecule has 34 heavy (non-hydrogen) atoms. The molecule has 3 aliphatic heterocycles. The molecule has 7 heteroatoms.